The van der Waals surface area contributed by atoms with E-state index in [4.69, 9.17) is 6.92 Å². The van der Waals surface area contributed by atoms with Crippen LogP contribution in [0.3, 0.4) is 0 Å². The third-order valence-electron chi connectivity index (χ3n) is 2.62. The van der Waals surface area contributed by atoms with Gasteiger partial charge in [0.1, 0.15) is 0 Å². The maximum atomic E-state index is 12.7. The van der Waals surface area contributed by atoms with E-state index in [1.54, 1.807) is 6.07 Å². The van der Waals surface area contributed by atoms with Crippen molar-refractivity contribution in [1.82, 2.24) is 0 Å². The van der Waals surface area contributed by atoms with E-state index in [0.717, 1.165) is 32.0 Å². The summed E-state index contributed by atoms with van der Waals surface area (Å²) in [4.78, 5) is 1.94. The van der Waals surface area contributed by atoms with E-state index in [1.807, 2.05) is 18.7 Å². The van der Waals surface area contributed by atoms with Gasteiger partial charge in [-0.2, -0.15) is 13.2 Å². The summed E-state index contributed by atoms with van der Waals surface area (Å²) in [5.41, 5.74) is 0.0118. The summed E-state index contributed by atoms with van der Waals surface area (Å²) in [6, 6.07) is 3.74. The first-order valence-electron chi connectivity index (χ1n) is 6.11. The molecule has 100 valence electrons. The summed E-state index contributed by atoms with van der Waals surface area (Å²) in [7, 11) is 0. The number of rotatable bonds is 5. The number of nitrogens with zero attached hydrogens (tertiary/aromatic N) is 1. The monoisotopic (exact) mass is 257 g/mol. The van der Waals surface area contributed by atoms with Gasteiger partial charge in [0.2, 0.25) is 0 Å². The normalized spacial score (nSPS) is 11.7. The minimum absolute atomic E-state index is 0.150. The van der Waals surface area contributed by atoms with Crippen LogP contribution in [-0.2, 0) is 6.18 Å². The van der Waals surface area contributed by atoms with Crippen LogP contribution < -0.4 is 4.90 Å². The molecule has 0 aliphatic heterocycles. The molecule has 4 heteroatoms. The molecule has 0 heterocycles. The lowest BCUT2D eigenvalue weighted by atomic mass is 10.1. The molecule has 1 aromatic rings. The van der Waals surface area contributed by atoms with Crippen LogP contribution in [0.2, 0.25) is 0 Å². The van der Waals surface area contributed by atoms with Crippen molar-refractivity contribution in [3.05, 3.63) is 36.2 Å². The first-order chi connectivity index (χ1) is 8.38. The highest BCUT2D eigenvalue weighted by molar-refractivity contribution is 5.52. The molecule has 0 N–H and O–H groups in total. The quantitative estimate of drug-likeness (QED) is 0.756. The van der Waals surface area contributed by atoms with Crippen molar-refractivity contribution >= 4 is 5.69 Å². The van der Waals surface area contributed by atoms with Gasteiger partial charge >= 0.3 is 6.18 Å². The Morgan fingerprint density at radius 1 is 1.06 bits per heavy atom. The van der Waals surface area contributed by atoms with Crippen LogP contribution in [0.25, 0.3) is 0 Å². The SMILES string of the molecule is [CH]c1cc(N(CCC)CCC)cc(C(F)(F)F)c1. The van der Waals surface area contributed by atoms with Crippen molar-refractivity contribution in [2.45, 2.75) is 32.9 Å². The maximum Gasteiger partial charge on any atom is 0.416 e. The maximum absolute atomic E-state index is 12.7. The van der Waals surface area contributed by atoms with Crippen molar-refractivity contribution in [3.63, 3.8) is 0 Å². The zero-order chi connectivity index (χ0) is 13.8. The van der Waals surface area contributed by atoms with Gasteiger partial charge in [-0.25, -0.2) is 0 Å². The molecule has 1 nitrogen and oxygen atoms in total. The van der Waals surface area contributed by atoms with Gasteiger partial charge in [-0.1, -0.05) is 13.8 Å². The Kier molecular flexibility index (Phi) is 5.05. The molecule has 18 heavy (non-hydrogen) atoms. The van der Waals surface area contributed by atoms with Crippen molar-refractivity contribution < 1.29 is 13.2 Å². The van der Waals surface area contributed by atoms with E-state index in [0.29, 0.717) is 5.69 Å². The molecule has 0 fully saturated rings. The lowest BCUT2D eigenvalue weighted by Gasteiger charge is -2.25. The van der Waals surface area contributed by atoms with Crippen LogP contribution in [0.15, 0.2) is 18.2 Å². The smallest absolute Gasteiger partial charge is 0.372 e. The molecule has 0 saturated carbocycles. The molecule has 0 aliphatic carbocycles. The first-order valence-corrected chi connectivity index (χ1v) is 6.11. The number of hydrogen-bond donors (Lipinski definition) is 0. The second-order valence-electron chi connectivity index (χ2n) is 4.30. The highest BCUT2D eigenvalue weighted by atomic mass is 19.4. The predicted octanol–water partition coefficient (Wildman–Crippen LogP) is 4.39. The highest BCUT2D eigenvalue weighted by Crippen LogP contribution is 2.33. The molecule has 2 radical (unpaired) electrons. The Morgan fingerprint density at radius 2 is 1.61 bits per heavy atom. The summed E-state index contributed by atoms with van der Waals surface area (Å²) >= 11 is 0. The predicted molar refractivity (Wildman–Crippen MR) is 67.6 cm³/mol. The molecular weight excluding hydrogens is 239 g/mol. The van der Waals surface area contributed by atoms with E-state index >= 15 is 0 Å². The lowest BCUT2D eigenvalue weighted by molar-refractivity contribution is -0.137. The lowest BCUT2D eigenvalue weighted by Crippen LogP contribution is -2.25. The molecule has 0 bridgehead atoms. The van der Waals surface area contributed by atoms with E-state index in [1.165, 1.54) is 6.07 Å². The van der Waals surface area contributed by atoms with Gasteiger partial charge in [-0.3, -0.25) is 0 Å². The summed E-state index contributed by atoms with van der Waals surface area (Å²) in [5, 5.41) is 0. The van der Waals surface area contributed by atoms with Crippen molar-refractivity contribution in [2.75, 3.05) is 18.0 Å². The molecule has 0 atom stereocenters. The fourth-order valence-electron chi connectivity index (χ4n) is 1.89. The third-order valence-corrected chi connectivity index (χ3v) is 2.62. The van der Waals surface area contributed by atoms with Gasteiger partial charge in [-0.15, -0.1) is 0 Å². The van der Waals surface area contributed by atoms with Gasteiger partial charge in [0.05, 0.1) is 5.56 Å². The topological polar surface area (TPSA) is 3.24 Å². The van der Waals surface area contributed by atoms with Crippen LogP contribution in [-0.4, -0.2) is 13.1 Å². The van der Waals surface area contributed by atoms with E-state index in [-0.39, 0.29) is 5.56 Å². The number of alkyl halides is 3. The Labute approximate surface area is 107 Å². The van der Waals surface area contributed by atoms with E-state index < -0.39 is 11.7 Å². The summed E-state index contributed by atoms with van der Waals surface area (Å²) in [5.74, 6) is 0. The molecule has 0 saturated heterocycles. The number of benzene rings is 1. The Bertz CT molecular complexity index is 379. The van der Waals surface area contributed by atoms with Crippen LogP contribution in [0.5, 0.6) is 0 Å². The molecule has 0 unspecified atom stereocenters. The fraction of sp³-hybridized carbons (Fsp3) is 0.500. The van der Waals surface area contributed by atoms with Crippen LogP contribution in [0.4, 0.5) is 18.9 Å². The molecule has 1 aromatic carbocycles. The molecular formula is C14H18F3N. The fourth-order valence-corrected chi connectivity index (χ4v) is 1.89. The summed E-state index contributed by atoms with van der Waals surface area (Å²) in [6.45, 7) is 11.0. The Balaban J connectivity index is 3.10. The minimum atomic E-state index is -4.35. The molecule has 0 aliphatic rings. The summed E-state index contributed by atoms with van der Waals surface area (Å²) in [6.07, 6.45) is -2.58. The Hall–Kier alpha value is -1.19. The standard InChI is InChI=1S/C14H18F3N/c1-4-6-18(7-5-2)13-9-11(3)8-12(10-13)14(15,16)17/h3,8-10H,4-7H2,1-2H3. The molecule has 0 spiro atoms. The molecule has 0 aromatic heterocycles. The summed E-state index contributed by atoms with van der Waals surface area (Å²) < 4.78 is 38.1. The average molecular weight is 257 g/mol. The molecule has 0 amide bonds. The second kappa shape index (κ2) is 6.12. The van der Waals surface area contributed by atoms with E-state index in [9.17, 15) is 13.2 Å². The van der Waals surface area contributed by atoms with Gasteiger partial charge in [-0.05, 0) is 43.5 Å². The van der Waals surface area contributed by atoms with Crippen molar-refractivity contribution in [2.24, 2.45) is 0 Å². The number of anilines is 1. The van der Waals surface area contributed by atoms with Crippen molar-refractivity contribution in [3.8, 4) is 0 Å². The largest absolute Gasteiger partial charge is 0.416 e. The van der Waals surface area contributed by atoms with E-state index in [2.05, 4.69) is 0 Å². The van der Waals surface area contributed by atoms with Gasteiger partial charge < -0.3 is 4.90 Å². The highest BCUT2D eigenvalue weighted by Gasteiger charge is 2.31. The second-order valence-corrected chi connectivity index (χ2v) is 4.30. The van der Waals surface area contributed by atoms with Gasteiger partial charge in [0.15, 0.2) is 0 Å². The first kappa shape index (κ1) is 14.9. The number of hydrogen-bond acceptors (Lipinski definition) is 1. The average Bonchev–Trinajstić information content (AvgIpc) is 2.27. The Morgan fingerprint density at radius 3 is 2.06 bits per heavy atom. The zero-order valence-electron chi connectivity index (χ0n) is 10.7. The van der Waals surface area contributed by atoms with Crippen LogP contribution >= 0.6 is 0 Å². The van der Waals surface area contributed by atoms with Crippen LogP contribution in [0, 0.1) is 6.92 Å². The zero-order valence-corrected chi connectivity index (χ0v) is 10.7. The van der Waals surface area contributed by atoms with Gasteiger partial charge in [0.25, 0.3) is 0 Å². The number of halogens is 3. The van der Waals surface area contributed by atoms with Gasteiger partial charge in [0, 0.05) is 18.8 Å². The van der Waals surface area contributed by atoms with Crippen LogP contribution in [0.1, 0.15) is 37.8 Å². The minimum Gasteiger partial charge on any atom is -0.372 e. The third kappa shape index (κ3) is 3.93. The molecule has 1 rings (SSSR count). The van der Waals surface area contributed by atoms with Crippen molar-refractivity contribution in [1.29, 1.82) is 0 Å².